The van der Waals surface area contributed by atoms with Crippen LogP contribution in [0.15, 0.2) is 47.6 Å². The number of aryl methyl sites for hydroxylation is 2. The van der Waals surface area contributed by atoms with E-state index < -0.39 is 0 Å². The van der Waals surface area contributed by atoms with Crippen molar-refractivity contribution >= 4 is 35.0 Å². The van der Waals surface area contributed by atoms with Gasteiger partial charge in [-0.3, -0.25) is 4.79 Å². The van der Waals surface area contributed by atoms with Crippen molar-refractivity contribution in [3.8, 4) is 5.75 Å². The topological polar surface area (TPSA) is 95.1 Å². The second kappa shape index (κ2) is 8.99. The number of nitrogens with one attached hydrogen (secondary N) is 1. The number of nitrogens with zero attached hydrogens (tertiary/aromatic N) is 3. The molecule has 0 bridgehead atoms. The van der Waals surface area contributed by atoms with E-state index in [1.165, 1.54) is 16.4 Å². The van der Waals surface area contributed by atoms with Gasteiger partial charge in [-0.1, -0.05) is 35.5 Å². The van der Waals surface area contributed by atoms with Gasteiger partial charge >= 0.3 is 0 Å². The van der Waals surface area contributed by atoms with Gasteiger partial charge in [-0.2, -0.15) is 0 Å². The van der Waals surface area contributed by atoms with Crippen LogP contribution in [0, 0.1) is 13.8 Å². The first-order chi connectivity index (χ1) is 13.4. The largest absolute Gasteiger partial charge is 0.486 e. The number of rotatable bonds is 7. The molecule has 3 N–H and O–H groups in total. The maximum absolute atomic E-state index is 12.2. The standard InChI is InChI=1S/C19H20ClN5O2S/c1-12-3-4-13(2)16(9-12)22-18(26)11-28-19-24-23-17(25(19)21)10-27-15-7-5-14(20)6-8-15/h3-9H,10-11,21H2,1-2H3,(H,22,26). The first-order valence-corrected chi connectivity index (χ1v) is 9.86. The maximum atomic E-state index is 12.2. The highest BCUT2D eigenvalue weighted by molar-refractivity contribution is 7.99. The van der Waals surface area contributed by atoms with Gasteiger partial charge in [0.15, 0.2) is 5.82 Å². The zero-order chi connectivity index (χ0) is 20.1. The number of ether oxygens (including phenoxy) is 1. The van der Waals surface area contributed by atoms with Crippen LogP contribution in [-0.2, 0) is 11.4 Å². The summed E-state index contributed by atoms with van der Waals surface area (Å²) in [5.74, 6) is 7.14. The third-order valence-corrected chi connectivity index (χ3v) is 5.11. The van der Waals surface area contributed by atoms with E-state index in [2.05, 4.69) is 15.5 Å². The Kier molecular flexibility index (Phi) is 6.43. The number of aromatic nitrogens is 3. The van der Waals surface area contributed by atoms with Crippen molar-refractivity contribution in [2.45, 2.75) is 25.6 Å². The lowest BCUT2D eigenvalue weighted by Gasteiger charge is -2.09. The molecule has 28 heavy (non-hydrogen) atoms. The molecular weight excluding hydrogens is 398 g/mol. The van der Waals surface area contributed by atoms with Crippen LogP contribution in [-0.4, -0.2) is 26.5 Å². The van der Waals surface area contributed by atoms with E-state index in [9.17, 15) is 4.79 Å². The Hall–Kier alpha value is -2.71. The van der Waals surface area contributed by atoms with Crippen LogP contribution >= 0.6 is 23.4 Å². The van der Waals surface area contributed by atoms with E-state index in [1.54, 1.807) is 24.3 Å². The lowest BCUT2D eigenvalue weighted by molar-refractivity contribution is -0.113. The fourth-order valence-corrected chi connectivity index (χ4v) is 3.17. The lowest BCUT2D eigenvalue weighted by Crippen LogP contribution is -2.18. The Balaban J connectivity index is 1.54. The van der Waals surface area contributed by atoms with Crippen molar-refractivity contribution in [3.63, 3.8) is 0 Å². The Morgan fingerprint density at radius 1 is 1.21 bits per heavy atom. The summed E-state index contributed by atoms with van der Waals surface area (Å²) in [6.45, 7) is 4.08. The van der Waals surface area contributed by atoms with Gasteiger partial charge in [-0.25, -0.2) is 4.68 Å². The van der Waals surface area contributed by atoms with Crippen molar-refractivity contribution in [1.82, 2.24) is 14.9 Å². The van der Waals surface area contributed by atoms with E-state index >= 15 is 0 Å². The van der Waals surface area contributed by atoms with Crippen LogP contribution in [0.4, 0.5) is 5.69 Å². The summed E-state index contributed by atoms with van der Waals surface area (Å²) < 4.78 is 6.94. The Bertz CT molecular complexity index is 975. The number of benzene rings is 2. The summed E-state index contributed by atoms with van der Waals surface area (Å²) in [5, 5.41) is 12.0. The summed E-state index contributed by atoms with van der Waals surface area (Å²) in [4.78, 5) is 12.2. The number of anilines is 1. The minimum Gasteiger partial charge on any atom is -0.486 e. The van der Waals surface area contributed by atoms with E-state index in [4.69, 9.17) is 22.2 Å². The number of hydrogen-bond donors (Lipinski definition) is 2. The van der Waals surface area contributed by atoms with Crippen LogP contribution in [0.1, 0.15) is 17.0 Å². The number of carbonyl (C=O) groups excluding carboxylic acids is 1. The second-order valence-corrected chi connectivity index (χ2v) is 7.55. The molecule has 9 heteroatoms. The molecule has 0 aliphatic carbocycles. The fraction of sp³-hybridized carbons (Fsp3) is 0.211. The van der Waals surface area contributed by atoms with Gasteiger partial charge in [0.1, 0.15) is 12.4 Å². The molecule has 0 unspecified atom stereocenters. The van der Waals surface area contributed by atoms with Gasteiger partial charge in [0.05, 0.1) is 5.75 Å². The highest BCUT2D eigenvalue weighted by Crippen LogP contribution is 2.20. The van der Waals surface area contributed by atoms with Gasteiger partial charge in [-0.05, 0) is 55.3 Å². The average molecular weight is 418 g/mol. The fourth-order valence-electron chi connectivity index (χ4n) is 2.37. The van der Waals surface area contributed by atoms with Crippen LogP contribution in [0.2, 0.25) is 5.02 Å². The third kappa shape index (κ3) is 5.17. The first-order valence-electron chi connectivity index (χ1n) is 8.50. The van der Waals surface area contributed by atoms with Gasteiger partial charge in [-0.15, -0.1) is 10.2 Å². The van der Waals surface area contributed by atoms with E-state index in [-0.39, 0.29) is 18.3 Å². The SMILES string of the molecule is Cc1ccc(C)c(NC(=O)CSc2nnc(COc3ccc(Cl)cc3)n2N)c1. The number of nitrogens with two attached hydrogens (primary N) is 1. The van der Waals surface area contributed by atoms with Crippen molar-refractivity contribution in [1.29, 1.82) is 0 Å². The highest BCUT2D eigenvalue weighted by atomic mass is 35.5. The number of thioether (sulfide) groups is 1. The molecular formula is C19H20ClN5O2S. The zero-order valence-corrected chi connectivity index (χ0v) is 17.0. The molecule has 1 aromatic heterocycles. The van der Waals surface area contributed by atoms with Crippen LogP contribution in [0.25, 0.3) is 0 Å². The number of nitrogen functional groups attached to an aromatic ring is 1. The second-order valence-electron chi connectivity index (χ2n) is 6.17. The summed E-state index contributed by atoms with van der Waals surface area (Å²) >= 11 is 7.06. The van der Waals surface area contributed by atoms with Crippen LogP contribution in [0.5, 0.6) is 5.75 Å². The molecule has 7 nitrogen and oxygen atoms in total. The number of hydrogen-bond acceptors (Lipinski definition) is 6. The number of carbonyl (C=O) groups is 1. The summed E-state index contributed by atoms with van der Waals surface area (Å²) in [5.41, 5.74) is 2.89. The Morgan fingerprint density at radius 3 is 2.71 bits per heavy atom. The molecule has 0 aliphatic rings. The summed E-state index contributed by atoms with van der Waals surface area (Å²) in [7, 11) is 0. The van der Waals surface area contributed by atoms with Crippen LogP contribution < -0.4 is 15.9 Å². The van der Waals surface area contributed by atoms with E-state index in [0.29, 0.717) is 21.8 Å². The molecule has 0 fully saturated rings. The average Bonchev–Trinajstić information content (AvgIpc) is 3.02. The Morgan fingerprint density at radius 2 is 1.96 bits per heavy atom. The molecule has 0 saturated carbocycles. The number of amides is 1. The summed E-state index contributed by atoms with van der Waals surface area (Å²) in [6.07, 6.45) is 0. The molecule has 1 amide bonds. The van der Waals surface area contributed by atoms with Crippen molar-refractivity contribution in [2.24, 2.45) is 0 Å². The normalized spacial score (nSPS) is 10.7. The molecule has 0 radical (unpaired) electrons. The van der Waals surface area contributed by atoms with Crippen molar-refractivity contribution < 1.29 is 9.53 Å². The molecule has 0 saturated heterocycles. The smallest absolute Gasteiger partial charge is 0.234 e. The van der Waals surface area contributed by atoms with Gasteiger partial charge in [0.25, 0.3) is 0 Å². The molecule has 0 aliphatic heterocycles. The minimum absolute atomic E-state index is 0.138. The van der Waals surface area contributed by atoms with Crippen molar-refractivity contribution in [3.05, 3.63) is 64.4 Å². The summed E-state index contributed by atoms with van der Waals surface area (Å²) in [6, 6.07) is 12.9. The van der Waals surface area contributed by atoms with E-state index in [1.807, 2.05) is 32.0 Å². The lowest BCUT2D eigenvalue weighted by atomic mass is 10.1. The predicted octanol–water partition coefficient (Wildman–Crippen LogP) is 3.57. The number of halogens is 1. The molecule has 3 aromatic rings. The minimum atomic E-state index is -0.138. The molecule has 146 valence electrons. The first kappa shape index (κ1) is 20.0. The van der Waals surface area contributed by atoms with Crippen molar-refractivity contribution in [2.75, 3.05) is 16.9 Å². The van der Waals surface area contributed by atoms with Gasteiger partial charge in [0, 0.05) is 10.7 Å². The third-order valence-electron chi connectivity index (χ3n) is 3.92. The van der Waals surface area contributed by atoms with Gasteiger partial charge in [0.2, 0.25) is 11.1 Å². The Labute approximate surface area is 172 Å². The van der Waals surface area contributed by atoms with Gasteiger partial charge < -0.3 is 15.9 Å². The molecule has 0 atom stereocenters. The monoisotopic (exact) mass is 417 g/mol. The quantitative estimate of drug-likeness (QED) is 0.450. The van der Waals surface area contributed by atoms with E-state index in [0.717, 1.165) is 16.8 Å². The molecule has 3 rings (SSSR count). The highest BCUT2D eigenvalue weighted by Gasteiger charge is 2.13. The molecule has 0 spiro atoms. The maximum Gasteiger partial charge on any atom is 0.234 e. The van der Waals surface area contributed by atoms with Crippen LogP contribution in [0.3, 0.4) is 0 Å². The zero-order valence-electron chi connectivity index (χ0n) is 15.5. The molecule has 1 heterocycles. The predicted molar refractivity (Wildman–Crippen MR) is 111 cm³/mol. The molecule has 2 aromatic carbocycles.